The van der Waals surface area contributed by atoms with Crippen molar-refractivity contribution in [3.63, 3.8) is 0 Å². The molecule has 10 heteroatoms. The number of hydrogen-bond donors (Lipinski definition) is 1. The number of nitrogens with zero attached hydrogens (tertiary/aromatic N) is 2. The zero-order valence-corrected chi connectivity index (χ0v) is 24.6. The summed E-state index contributed by atoms with van der Waals surface area (Å²) in [5.41, 5.74) is 1.79. The number of carbonyl (C=O) groups excluding carboxylic acids is 2. The third kappa shape index (κ3) is 7.74. The molecule has 0 aliphatic carbocycles. The Bertz CT molecular complexity index is 1590. The second-order valence-corrected chi connectivity index (χ2v) is 11.8. The predicted molar refractivity (Wildman–Crippen MR) is 162 cm³/mol. The predicted octanol–water partition coefficient (Wildman–Crippen LogP) is 5.45. The van der Waals surface area contributed by atoms with Gasteiger partial charge in [0, 0.05) is 24.5 Å². The summed E-state index contributed by atoms with van der Waals surface area (Å²) in [4.78, 5) is 28.9. The Morgan fingerprint density at radius 3 is 2.02 bits per heavy atom. The molecule has 0 aromatic heterocycles. The minimum Gasteiger partial charge on any atom is -0.355 e. The van der Waals surface area contributed by atoms with Crippen molar-refractivity contribution in [3.8, 4) is 0 Å². The third-order valence-electron chi connectivity index (χ3n) is 6.61. The Labute approximate surface area is 250 Å². The van der Waals surface area contributed by atoms with Gasteiger partial charge in [-0.25, -0.2) is 12.8 Å². The van der Waals surface area contributed by atoms with Crippen LogP contribution in [0.1, 0.15) is 18.1 Å². The molecule has 7 nitrogen and oxygen atoms in total. The van der Waals surface area contributed by atoms with Crippen molar-refractivity contribution in [1.29, 1.82) is 0 Å². The van der Waals surface area contributed by atoms with Gasteiger partial charge in [0.2, 0.25) is 11.8 Å². The molecule has 0 unspecified atom stereocenters. The first kappa shape index (κ1) is 30.7. The van der Waals surface area contributed by atoms with E-state index in [1.165, 1.54) is 4.90 Å². The molecule has 42 heavy (non-hydrogen) atoms. The lowest BCUT2D eigenvalue weighted by molar-refractivity contribution is -0.140. The van der Waals surface area contributed by atoms with Gasteiger partial charge in [-0.3, -0.25) is 13.9 Å². The van der Waals surface area contributed by atoms with Crippen LogP contribution >= 0.6 is 11.6 Å². The maximum Gasteiger partial charge on any atom is 0.264 e. The van der Waals surface area contributed by atoms with Crippen LogP contribution in [0.2, 0.25) is 5.02 Å². The Kier molecular flexibility index (Phi) is 10.3. The monoisotopic (exact) mass is 607 g/mol. The van der Waals surface area contributed by atoms with E-state index < -0.39 is 34.3 Å². The van der Waals surface area contributed by atoms with Crippen LogP contribution in [0.4, 0.5) is 10.1 Å². The molecular formula is C32H31ClFN3O4S. The molecule has 0 saturated heterocycles. The first-order valence-electron chi connectivity index (χ1n) is 13.4. The highest BCUT2D eigenvalue weighted by molar-refractivity contribution is 7.92. The van der Waals surface area contributed by atoms with Crippen molar-refractivity contribution in [1.82, 2.24) is 10.2 Å². The molecule has 4 aromatic carbocycles. The summed E-state index contributed by atoms with van der Waals surface area (Å²) >= 11 is 6.09. The lowest BCUT2D eigenvalue weighted by Gasteiger charge is -2.33. The molecule has 0 aliphatic heterocycles. The van der Waals surface area contributed by atoms with E-state index in [-0.39, 0.29) is 29.5 Å². The highest BCUT2D eigenvalue weighted by atomic mass is 35.5. The topological polar surface area (TPSA) is 86.8 Å². The Balaban J connectivity index is 1.77. The highest BCUT2D eigenvalue weighted by Crippen LogP contribution is 2.25. The number of rotatable bonds is 12. The minimum absolute atomic E-state index is 0.0316. The van der Waals surface area contributed by atoms with E-state index >= 15 is 0 Å². The van der Waals surface area contributed by atoms with Gasteiger partial charge in [0.25, 0.3) is 10.0 Å². The number of amides is 2. The van der Waals surface area contributed by atoms with Gasteiger partial charge in [0.1, 0.15) is 18.4 Å². The van der Waals surface area contributed by atoms with Crippen LogP contribution in [-0.2, 0) is 32.6 Å². The van der Waals surface area contributed by atoms with Gasteiger partial charge < -0.3 is 10.2 Å². The molecule has 0 saturated carbocycles. The van der Waals surface area contributed by atoms with Crippen LogP contribution < -0.4 is 9.62 Å². The quantitative estimate of drug-likeness (QED) is 0.232. The molecule has 2 amide bonds. The number of carbonyl (C=O) groups is 2. The van der Waals surface area contributed by atoms with Gasteiger partial charge >= 0.3 is 0 Å². The molecule has 1 N–H and O–H groups in total. The van der Waals surface area contributed by atoms with Crippen molar-refractivity contribution >= 4 is 39.1 Å². The number of para-hydroxylation sites is 1. The zero-order valence-electron chi connectivity index (χ0n) is 23.0. The SMILES string of the molecule is CCNC(=O)[C@@H](Cc1ccccc1)N(Cc1ccc(Cl)cc1)C(=O)CN(c1ccccc1)S(=O)(=O)c1ccc(F)cc1. The Morgan fingerprint density at radius 1 is 0.833 bits per heavy atom. The van der Waals surface area contributed by atoms with Gasteiger partial charge in [-0.05, 0) is 66.6 Å². The fourth-order valence-corrected chi connectivity index (χ4v) is 6.03. The molecule has 1 atom stereocenters. The van der Waals surface area contributed by atoms with Gasteiger partial charge in [0.05, 0.1) is 10.6 Å². The number of benzene rings is 4. The summed E-state index contributed by atoms with van der Waals surface area (Å²) in [7, 11) is -4.29. The summed E-state index contributed by atoms with van der Waals surface area (Å²) in [5.74, 6) is -1.54. The second kappa shape index (κ2) is 14.1. The van der Waals surface area contributed by atoms with E-state index in [4.69, 9.17) is 11.6 Å². The van der Waals surface area contributed by atoms with Gasteiger partial charge in [-0.2, -0.15) is 0 Å². The summed E-state index contributed by atoms with van der Waals surface area (Å²) in [6.45, 7) is 1.57. The number of sulfonamides is 1. The van der Waals surface area contributed by atoms with Gasteiger partial charge in [-0.1, -0.05) is 72.3 Å². The number of anilines is 1. The van der Waals surface area contributed by atoms with Gasteiger partial charge in [-0.15, -0.1) is 0 Å². The molecule has 0 spiro atoms. The Morgan fingerprint density at radius 2 is 1.43 bits per heavy atom. The fourth-order valence-electron chi connectivity index (χ4n) is 4.49. The van der Waals surface area contributed by atoms with Crippen LogP contribution in [0.25, 0.3) is 0 Å². The summed E-state index contributed by atoms with van der Waals surface area (Å²) in [6, 6.07) is 27.8. The zero-order chi connectivity index (χ0) is 30.1. The molecule has 0 heterocycles. The fraction of sp³-hybridized carbons (Fsp3) is 0.188. The maximum atomic E-state index is 14.2. The maximum absolute atomic E-state index is 14.2. The van der Waals surface area contributed by atoms with E-state index in [2.05, 4.69) is 5.32 Å². The molecule has 0 aliphatic rings. The largest absolute Gasteiger partial charge is 0.355 e. The van der Waals surface area contributed by atoms with Crippen molar-refractivity contribution in [2.24, 2.45) is 0 Å². The Hall–Kier alpha value is -4.21. The van der Waals surface area contributed by atoms with Crippen LogP contribution in [0.15, 0.2) is 114 Å². The molecular weight excluding hydrogens is 577 g/mol. The average molecular weight is 608 g/mol. The van der Waals surface area contributed by atoms with E-state index in [0.29, 0.717) is 17.1 Å². The number of hydrogen-bond acceptors (Lipinski definition) is 4. The van der Waals surface area contributed by atoms with E-state index in [9.17, 15) is 22.4 Å². The number of halogens is 2. The highest BCUT2D eigenvalue weighted by Gasteiger charge is 2.34. The van der Waals surface area contributed by atoms with E-state index in [1.807, 2.05) is 30.3 Å². The second-order valence-electron chi connectivity index (χ2n) is 9.55. The van der Waals surface area contributed by atoms with Gasteiger partial charge in [0.15, 0.2) is 0 Å². The molecule has 0 bridgehead atoms. The van der Waals surface area contributed by atoms with Crippen molar-refractivity contribution in [2.75, 3.05) is 17.4 Å². The summed E-state index contributed by atoms with van der Waals surface area (Å²) in [5, 5.41) is 3.34. The molecule has 218 valence electrons. The standard InChI is InChI=1S/C32H31ClFN3O4S/c1-2-35-32(39)30(21-24-9-5-3-6-10-24)36(22-25-13-15-26(33)16-14-25)31(38)23-37(28-11-7-4-8-12-28)42(40,41)29-19-17-27(34)18-20-29/h3-20,30H,2,21-23H2,1H3,(H,35,39)/t30-/m1/s1. The van der Waals surface area contributed by atoms with Crippen molar-refractivity contribution in [3.05, 3.63) is 131 Å². The minimum atomic E-state index is -4.29. The van der Waals surface area contributed by atoms with Crippen molar-refractivity contribution in [2.45, 2.75) is 30.8 Å². The molecule has 0 fully saturated rings. The van der Waals surface area contributed by atoms with Crippen LogP contribution in [-0.4, -0.2) is 44.3 Å². The van der Waals surface area contributed by atoms with Crippen molar-refractivity contribution < 1.29 is 22.4 Å². The molecule has 0 radical (unpaired) electrons. The third-order valence-corrected chi connectivity index (χ3v) is 8.65. The van der Waals surface area contributed by atoms with Crippen LogP contribution in [0.3, 0.4) is 0 Å². The van der Waals surface area contributed by atoms with E-state index in [0.717, 1.165) is 34.1 Å². The summed E-state index contributed by atoms with van der Waals surface area (Å²) < 4.78 is 42.3. The molecule has 4 aromatic rings. The lowest BCUT2D eigenvalue weighted by atomic mass is 10.0. The summed E-state index contributed by atoms with van der Waals surface area (Å²) in [6.07, 6.45) is 0.210. The van der Waals surface area contributed by atoms with E-state index in [1.54, 1.807) is 61.5 Å². The first-order valence-corrected chi connectivity index (χ1v) is 15.2. The average Bonchev–Trinajstić information content (AvgIpc) is 2.99. The normalized spacial score (nSPS) is 11.9. The first-order chi connectivity index (χ1) is 20.2. The number of likely N-dealkylation sites (N-methyl/N-ethyl adjacent to an activating group) is 1. The molecule has 4 rings (SSSR count). The van der Waals surface area contributed by atoms with Crippen LogP contribution in [0.5, 0.6) is 0 Å². The number of nitrogens with one attached hydrogen (secondary N) is 1. The van der Waals surface area contributed by atoms with Crippen LogP contribution in [0, 0.1) is 5.82 Å². The smallest absolute Gasteiger partial charge is 0.264 e. The lowest BCUT2D eigenvalue weighted by Crippen LogP contribution is -2.53.